The molecule has 162 valence electrons. The molecule has 31 heavy (non-hydrogen) atoms. The first-order valence-electron chi connectivity index (χ1n) is 11.1. The Bertz CT molecular complexity index is 1030. The summed E-state index contributed by atoms with van der Waals surface area (Å²) in [4.78, 5) is 45.2. The van der Waals surface area contributed by atoms with Crippen molar-refractivity contribution in [3.63, 3.8) is 0 Å². The molecule has 1 aromatic heterocycles. The minimum Gasteiger partial charge on any atom is -0.367 e. The van der Waals surface area contributed by atoms with E-state index in [9.17, 15) is 14.4 Å². The van der Waals surface area contributed by atoms with Gasteiger partial charge in [-0.2, -0.15) is 0 Å². The number of hydrogen-bond acceptors (Lipinski definition) is 5. The molecule has 1 N–H and O–H groups in total. The normalized spacial score (nSPS) is 26.9. The highest BCUT2D eigenvalue weighted by Crippen LogP contribution is 2.35. The van der Waals surface area contributed by atoms with Gasteiger partial charge >= 0.3 is 0 Å². The van der Waals surface area contributed by atoms with E-state index < -0.39 is 12.1 Å². The zero-order valence-electron chi connectivity index (χ0n) is 17.6. The number of hydrogen-bond donors (Lipinski definition) is 1. The van der Waals surface area contributed by atoms with Crippen molar-refractivity contribution in [1.82, 2.24) is 15.2 Å². The molecule has 1 aliphatic carbocycles. The lowest BCUT2D eigenvalue weighted by Gasteiger charge is -2.30. The lowest BCUT2D eigenvalue weighted by molar-refractivity contribution is -0.139. The topological polar surface area (TPSA) is 88.6 Å². The molecule has 0 unspecified atom stereocenters. The predicted molar refractivity (Wildman–Crippen MR) is 114 cm³/mol. The fraction of sp³-hybridized carbons (Fsp3) is 0.500. The van der Waals surface area contributed by atoms with E-state index in [1.807, 2.05) is 31.2 Å². The van der Waals surface area contributed by atoms with Crippen LogP contribution >= 0.6 is 0 Å². The van der Waals surface area contributed by atoms with Gasteiger partial charge in [-0.1, -0.05) is 38.0 Å². The molecule has 3 heterocycles. The molecule has 3 fully saturated rings. The van der Waals surface area contributed by atoms with Crippen LogP contribution in [0.5, 0.6) is 0 Å². The maximum atomic E-state index is 13.6. The minimum absolute atomic E-state index is 0.0436. The first kappa shape index (κ1) is 20.1. The molecule has 3 aliphatic rings. The Labute approximate surface area is 181 Å². The second-order valence-corrected chi connectivity index (χ2v) is 9.07. The number of rotatable bonds is 4. The zero-order chi connectivity index (χ0) is 21.5. The number of pyridine rings is 1. The van der Waals surface area contributed by atoms with Gasteiger partial charge in [0.25, 0.3) is 5.91 Å². The monoisotopic (exact) mass is 421 g/mol. The summed E-state index contributed by atoms with van der Waals surface area (Å²) in [7, 11) is 0. The molecule has 2 saturated heterocycles. The Morgan fingerprint density at radius 2 is 2.00 bits per heavy atom. The van der Waals surface area contributed by atoms with E-state index in [1.54, 1.807) is 17.2 Å². The van der Waals surface area contributed by atoms with Crippen molar-refractivity contribution < 1.29 is 19.1 Å². The largest absolute Gasteiger partial charge is 0.367 e. The molecule has 0 bridgehead atoms. The number of amides is 2. The van der Waals surface area contributed by atoms with E-state index in [4.69, 9.17) is 4.74 Å². The number of likely N-dealkylation sites (tertiary alicyclic amines) is 1. The van der Waals surface area contributed by atoms with Crippen molar-refractivity contribution in [3.8, 4) is 0 Å². The fourth-order valence-corrected chi connectivity index (χ4v) is 5.39. The Balaban J connectivity index is 1.40. The molecule has 2 amide bonds. The van der Waals surface area contributed by atoms with Gasteiger partial charge in [0.1, 0.15) is 18.7 Å². The highest BCUT2D eigenvalue weighted by Gasteiger charge is 2.52. The number of fused-ring (bicyclic) bond motifs is 2. The molecule has 2 aromatic rings. The molecule has 1 saturated carbocycles. The number of aromatic nitrogens is 1. The number of ketones is 1. The van der Waals surface area contributed by atoms with Crippen LogP contribution in [0.3, 0.4) is 0 Å². The maximum Gasteiger partial charge on any atom is 0.253 e. The SMILES string of the molecule is C[C@H]1CN(C(=O)[C@@H](NC(=O)c2cnc3ccccc3c2)C2CCCC2)[C@@H]2C(=O)CO[C@@H]21. The molecule has 4 atom stereocenters. The number of nitrogens with zero attached hydrogens (tertiary/aromatic N) is 2. The molecule has 1 aromatic carbocycles. The molecular weight excluding hydrogens is 394 g/mol. The number of carbonyl (C=O) groups excluding carboxylic acids is 3. The van der Waals surface area contributed by atoms with Crippen LogP contribution in [0.15, 0.2) is 36.5 Å². The van der Waals surface area contributed by atoms with E-state index in [0.29, 0.717) is 12.1 Å². The number of para-hydroxylation sites is 1. The molecule has 0 radical (unpaired) electrons. The molecule has 7 heteroatoms. The van der Waals surface area contributed by atoms with E-state index in [-0.39, 0.29) is 42.1 Å². The van der Waals surface area contributed by atoms with Crippen molar-refractivity contribution in [2.45, 2.75) is 50.8 Å². The lowest BCUT2D eigenvalue weighted by atomic mass is 9.95. The Morgan fingerprint density at radius 1 is 1.23 bits per heavy atom. The average molecular weight is 421 g/mol. The van der Waals surface area contributed by atoms with Crippen molar-refractivity contribution >= 4 is 28.5 Å². The van der Waals surface area contributed by atoms with Gasteiger partial charge in [-0.15, -0.1) is 0 Å². The van der Waals surface area contributed by atoms with E-state index in [0.717, 1.165) is 36.6 Å². The molecule has 2 aliphatic heterocycles. The van der Waals surface area contributed by atoms with Crippen LogP contribution < -0.4 is 5.32 Å². The van der Waals surface area contributed by atoms with Gasteiger partial charge < -0.3 is 15.0 Å². The summed E-state index contributed by atoms with van der Waals surface area (Å²) >= 11 is 0. The third kappa shape index (κ3) is 3.61. The maximum absolute atomic E-state index is 13.6. The summed E-state index contributed by atoms with van der Waals surface area (Å²) < 4.78 is 5.64. The molecular formula is C24H27N3O4. The minimum atomic E-state index is -0.638. The quantitative estimate of drug-likeness (QED) is 0.819. The van der Waals surface area contributed by atoms with Gasteiger partial charge in [0.2, 0.25) is 5.91 Å². The second-order valence-electron chi connectivity index (χ2n) is 9.07. The number of Topliss-reactive ketones (excluding diaryl/α,β-unsaturated/α-hetero) is 1. The van der Waals surface area contributed by atoms with Gasteiger partial charge in [-0.25, -0.2) is 0 Å². The summed E-state index contributed by atoms with van der Waals surface area (Å²) in [5.41, 5.74) is 1.25. The summed E-state index contributed by atoms with van der Waals surface area (Å²) in [6.45, 7) is 2.55. The number of benzene rings is 1. The molecule has 0 spiro atoms. The van der Waals surface area contributed by atoms with Gasteiger partial charge in [0.05, 0.1) is 17.2 Å². The molecule has 5 rings (SSSR count). The van der Waals surface area contributed by atoms with Crippen LogP contribution in [0.25, 0.3) is 10.9 Å². The molecule has 7 nitrogen and oxygen atoms in total. The summed E-state index contributed by atoms with van der Waals surface area (Å²) in [6.07, 6.45) is 5.21. The van der Waals surface area contributed by atoms with Crippen LogP contribution in [0.1, 0.15) is 43.0 Å². The summed E-state index contributed by atoms with van der Waals surface area (Å²) in [5.74, 6) is -0.326. The van der Waals surface area contributed by atoms with Gasteiger partial charge in [-0.05, 0) is 30.9 Å². The van der Waals surface area contributed by atoms with E-state index in [2.05, 4.69) is 10.3 Å². The smallest absolute Gasteiger partial charge is 0.253 e. The third-order valence-electron chi connectivity index (χ3n) is 7.00. The van der Waals surface area contributed by atoms with Crippen LogP contribution in [-0.4, -0.2) is 58.8 Å². The van der Waals surface area contributed by atoms with Gasteiger partial charge in [-0.3, -0.25) is 19.4 Å². The average Bonchev–Trinajstić information content (AvgIpc) is 3.51. The highest BCUT2D eigenvalue weighted by atomic mass is 16.5. The standard InChI is InChI=1S/C24H27N3O4/c1-14-12-27(21-19(28)13-31-22(14)21)24(30)20(15-6-2-3-7-15)26-23(29)17-10-16-8-4-5-9-18(16)25-11-17/h4-5,8-11,14-15,20-22H,2-3,6-7,12-13H2,1H3,(H,26,29)/t14-,20-,21+,22+/m0/s1. The lowest BCUT2D eigenvalue weighted by Crippen LogP contribution is -2.54. The predicted octanol–water partition coefficient (Wildman–Crippen LogP) is 2.34. The zero-order valence-corrected chi connectivity index (χ0v) is 17.6. The Kier molecular flexibility index (Phi) is 5.22. The fourth-order valence-electron chi connectivity index (χ4n) is 5.39. The highest BCUT2D eigenvalue weighted by molar-refractivity contribution is 6.01. The van der Waals surface area contributed by atoms with Crippen molar-refractivity contribution in [2.24, 2.45) is 11.8 Å². The second kappa shape index (κ2) is 8.04. The number of nitrogens with one attached hydrogen (secondary N) is 1. The Morgan fingerprint density at radius 3 is 2.81 bits per heavy atom. The first-order chi connectivity index (χ1) is 15.0. The van der Waals surface area contributed by atoms with Gasteiger partial charge in [0, 0.05) is 24.0 Å². The summed E-state index contributed by atoms with van der Waals surface area (Å²) in [5, 5.41) is 3.88. The van der Waals surface area contributed by atoms with Crippen LogP contribution in [0.4, 0.5) is 0 Å². The van der Waals surface area contributed by atoms with Crippen molar-refractivity contribution in [2.75, 3.05) is 13.2 Å². The Hall–Kier alpha value is -2.80. The number of carbonyl (C=O) groups is 3. The van der Waals surface area contributed by atoms with Crippen molar-refractivity contribution in [3.05, 3.63) is 42.1 Å². The van der Waals surface area contributed by atoms with E-state index in [1.165, 1.54) is 0 Å². The van der Waals surface area contributed by atoms with Crippen LogP contribution in [0.2, 0.25) is 0 Å². The van der Waals surface area contributed by atoms with E-state index >= 15 is 0 Å². The third-order valence-corrected chi connectivity index (χ3v) is 7.00. The van der Waals surface area contributed by atoms with Crippen molar-refractivity contribution in [1.29, 1.82) is 0 Å². The van der Waals surface area contributed by atoms with Crippen LogP contribution in [0, 0.1) is 11.8 Å². The van der Waals surface area contributed by atoms with Crippen LogP contribution in [-0.2, 0) is 14.3 Å². The first-order valence-corrected chi connectivity index (χ1v) is 11.1. The van der Waals surface area contributed by atoms with Gasteiger partial charge in [0.15, 0.2) is 5.78 Å². The summed E-state index contributed by atoms with van der Waals surface area (Å²) in [6, 6.07) is 8.26. The number of ether oxygens (including phenoxy) is 1.